The van der Waals surface area contributed by atoms with Crippen LogP contribution >= 0.6 is 34.8 Å². The maximum atomic E-state index is 14.4. The Balaban J connectivity index is 2.21. The predicted octanol–water partition coefficient (Wildman–Crippen LogP) is 6.65. The molecule has 3 aromatic carbocycles. The third kappa shape index (κ3) is 8.61. The molecule has 15 heteroatoms. The van der Waals surface area contributed by atoms with Gasteiger partial charge in [-0.05, 0) is 55.7 Å². The molecule has 0 unspecified atom stereocenters. The van der Waals surface area contributed by atoms with Crippen molar-refractivity contribution in [3.63, 3.8) is 0 Å². The highest BCUT2D eigenvalue weighted by Crippen LogP contribution is 2.36. The molecule has 46 heavy (non-hydrogen) atoms. The van der Waals surface area contributed by atoms with Crippen molar-refractivity contribution < 1.29 is 27.7 Å². The molecule has 1 N–H and O–H groups in total. The van der Waals surface area contributed by atoms with Gasteiger partial charge in [-0.3, -0.25) is 24.0 Å². The van der Waals surface area contributed by atoms with Gasteiger partial charge in [-0.15, -0.1) is 0 Å². The van der Waals surface area contributed by atoms with E-state index < -0.39 is 49.9 Å². The summed E-state index contributed by atoms with van der Waals surface area (Å²) in [6.45, 7) is 6.32. The Morgan fingerprint density at radius 1 is 1.04 bits per heavy atom. The molecule has 0 saturated carbocycles. The number of nitrogens with zero attached hydrogens (tertiary/aromatic N) is 3. The first-order valence-electron chi connectivity index (χ1n) is 14.2. The van der Waals surface area contributed by atoms with Gasteiger partial charge in [0.05, 0.1) is 22.6 Å². The van der Waals surface area contributed by atoms with Crippen LogP contribution in [0.15, 0.2) is 59.5 Å². The topological polar surface area (TPSA) is 139 Å². The van der Waals surface area contributed by atoms with Gasteiger partial charge in [0.15, 0.2) is 0 Å². The van der Waals surface area contributed by atoms with Crippen molar-refractivity contribution >= 4 is 68.0 Å². The zero-order valence-electron chi connectivity index (χ0n) is 25.9. The largest absolute Gasteiger partial charge is 0.495 e. The second kappa shape index (κ2) is 15.8. The van der Waals surface area contributed by atoms with Crippen LogP contribution in [0, 0.1) is 23.0 Å². The van der Waals surface area contributed by atoms with Crippen molar-refractivity contribution in [2.45, 2.75) is 51.6 Å². The molecule has 3 aromatic rings. The maximum absolute atomic E-state index is 14.4. The fraction of sp³-hybridized carbons (Fsp3) is 0.355. The Kier molecular flexibility index (Phi) is 12.7. The van der Waals surface area contributed by atoms with Crippen molar-refractivity contribution in [3.8, 4) is 5.75 Å². The molecule has 11 nitrogen and oxygen atoms in total. The number of benzene rings is 3. The van der Waals surface area contributed by atoms with Gasteiger partial charge in [0.25, 0.3) is 15.7 Å². The van der Waals surface area contributed by atoms with E-state index in [9.17, 15) is 28.1 Å². The summed E-state index contributed by atoms with van der Waals surface area (Å²) < 4.78 is 34.8. The van der Waals surface area contributed by atoms with E-state index in [4.69, 9.17) is 39.5 Å². The monoisotopic (exact) mass is 712 g/mol. The van der Waals surface area contributed by atoms with E-state index in [-0.39, 0.29) is 51.0 Å². The lowest BCUT2D eigenvalue weighted by atomic mass is 10.1. The van der Waals surface area contributed by atoms with Crippen LogP contribution in [0.25, 0.3) is 0 Å². The number of hydrogen-bond donors (Lipinski definition) is 1. The number of halogens is 3. The minimum absolute atomic E-state index is 0.0600. The van der Waals surface area contributed by atoms with Crippen LogP contribution in [0.2, 0.25) is 15.1 Å². The molecule has 248 valence electrons. The van der Waals surface area contributed by atoms with E-state index in [2.05, 4.69) is 5.32 Å². The fourth-order valence-corrected chi connectivity index (χ4v) is 6.76. The summed E-state index contributed by atoms with van der Waals surface area (Å²) in [4.78, 5) is 39.6. The normalized spacial score (nSPS) is 12.0. The number of hydrogen-bond acceptors (Lipinski definition) is 7. The number of nitro groups is 1. The number of ether oxygens (including phenoxy) is 1. The smallest absolute Gasteiger partial charge is 0.273 e. The van der Waals surface area contributed by atoms with Gasteiger partial charge in [0.1, 0.15) is 18.3 Å². The lowest BCUT2D eigenvalue weighted by Gasteiger charge is -2.34. The quantitative estimate of drug-likeness (QED) is 0.146. The number of carbonyl (C=O) groups excluding carboxylic acids is 2. The minimum atomic E-state index is -4.68. The third-order valence-electron chi connectivity index (χ3n) is 7.11. The average molecular weight is 714 g/mol. The van der Waals surface area contributed by atoms with Crippen molar-refractivity contribution in [1.82, 2.24) is 10.2 Å². The van der Waals surface area contributed by atoms with E-state index in [1.165, 1.54) is 49.3 Å². The molecular formula is C31H35Cl3N4O7S. The maximum Gasteiger partial charge on any atom is 0.273 e. The lowest BCUT2D eigenvalue weighted by Crippen LogP contribution is -2.52. The molecule has 2 amide bonds. The number of amides is 2. The van der Waals surface area contributed by atoms with E-state index >= 15 is 0 Å². The predicted molar refractivity (Wildman–Crippen MR) is 179 cm³/mol. The summed E-state index contributed by atoms with van der Waals surface area (Å²) in [5, 5.41) is 15.2. The van der Waals surface area contributed by atoms with Gasteiger partial charge in [-0.2, -0.15) is 0 Å². The van der Waals surface area contributed by atoms with Crippen LogP contribution in [0.1, 0.15) is 38.3 Å². The number of carbonyl (C=O) groups is 2. The number of anilines is 1. The molecule has 0 bridgehead atoms. The molecule has 0 saturated heterocycles. The summed E-state index contributed by atoms with van der Waals surface area (Å²) in [6, 6.07) is 11.4. The number of sulfonamides is 1. The molecule has 0 heterocycles. The molecular weight excluding hydrogens is 679 g/mol. The van der Waals surface area contributed by atoms with E-state index in [1.54, 1.807) is 25.1 Å². The van der Waals surface area contributed by atoms with E-state index in [0.717, 1.165) is 10.4 Å². The number of aryl methyl sites for hydroxylation is 1. The minimum Gasteiger partial charge on any atom is -0.495 e. The van der Waals surface area contributed by atoms with Gasteiger partial charge >= 0.3 is 0 Å². The number of rotatable bonds is 14. The Morgan fingerprint density at radius 3 is 2.26 bits per heavy atom. The standard InChI is InChI=1S/C31H35Cl3N4O7S/c1-6-26(31(40)35-16-19(2)3)36(17-23-24(33)8-7-9-25(23)34)30(39)18-37(28-14-21(32)11-13-29(28)45-5)46(43,44)22-12-10-20(4)27(15-22)38(41)42/h7-15,19,26H,6,16-18H2,1-5H3,(H,35,40)/t26-/m0/s1. The van der Waals surface area contributed by atoms with E-state index in [0.29, 0.717) is 12.1 Å². The van der Waals surface area contributed by atoms with Crippen LogP contribution in [0.3, 0.4) is 0 Å². The molecule has 3 rings (SSSR count). The van der Waals surface area contributed by atoms with Gasteiger partial charge in [-0.25, -0.2) is 8.42 Å². The first-order valence-corrected chi connectivity index (χ1v) is 16.8. The molecule has 0 aromatic heterocycles. The highest BCUT2D eigenvalue weighted by atomic mass is 35.5. The van der Waals surface area contributed by atoms with Gasteiger partial charge in [0, 0.05) is 45.4 Å². The first-order chi connectivity index (χ1) is 21.6. The Bertz CT molecular complexity index is 1700. The molecule has 0 aliphatic heterocycles. The van der Waals surface area contributed by atoms with Crippen LogP contribution < -0.4 is 14.4 Å². The lowest BCUT2D eigenvalue weighted by molar-refractivity contribution is -0.385. The Labute approximate surface area is 283 Å². The van der Waals surface area contributed by atoms with Crippen LogP contribution in [-0.2, 0) is 26.2 Å². The second-order valence-electron chi connectivity index (χ2n) is 10.8. The SMILES string of the molecule is CC[C@@H](C(=O)NCC(C)C)N(Cc1c(Cl)cccc1Cl)C(=O)CN(c1cc(Cl)ccc1OC)S(=O)(=O)c1ccc(C)c([N+](=O)[O-])c1. The van der Waals surface area contributed by atoms with Crippen LogP contribution in [0.4, 0.5) is 11.4 Å². The van der Waals surface area contributed by atoms with Crippen molar-refractivity contribution in [2.24, 2.45) is 5.92 Å². The zero-order valence-corrected chi connectivity index (χ0v) is 29.0. The summed E-state index contributed by atoms with van der Waals surface area (Å²) in [5.41, 5.74) is 0.0824. The highest BCUT2D eigenvalue weighted by Gasteiger charge is 2.36. The van der Waals surface area contributed by atoms with Crippen molar-refractivity contribution in [3.05, 3.63) is 90.9 Å². The summed E-state index contributed by atoms with van der Waals surface area (Å²) in [6.07, 6.45) is 0.176. The van der Waals surface area contributed by atoms with Crippen LogP contribution in [-0.4, -0.2) is 56.3 Å². The summed E-state index contributed by atoms with van der Waals surface area (Å²) >= 11 is 19.2. The van der Waals surface area contributed by atoms with Crippen molar-refractivity contribution in [2.75, 3.05) is 24.5 Å². The van der Waals surface area contributed by atoms with Crippen LogP contribution in [0.5, 0.6) is 5.75 Å². The molecule has 0 aliphatic rings. The second-order valence-corrected chi connectivity index (χ2v) is 13.9. The average Bonchev–Trinajstić information content (AvgIpc) is 2.99. The van der Waals surface area contributed by atoms with E-state index in [1.807, 2.05) is 13.8 Å². The number of methoxy groups -OCH3 is 1. The summed E-state index contributed by atoms with van der Waals surface area (Å²) in [7, 11) is -3.36. The van der Waals surface area contributed by atoms with Gasteiger partial charge in [0.2, 0.25) is 11.8 Å². The molecule has 0 radical (unpaired) electrons. The van der Waals surface area contributed by atoms with Gasteiger partial charge in [-0.1, -0.05) is 67.7 Å². The summed E-state index contributed by atoms with van der Waals surface area (Å²) in [5.74, 6) is -1.05. The molecule has 0 fully saturated rings. The molecule has 0 spiro atoms. The number of nitro benzene ring substituents is 1. The highest BCUT2D eigenvalue weighted by molar-refractivity contribution is 7.92. The number of nitrogens with one attached hydrogen (secondary N) is 1. The van der Waals surface area contributed by atoms with Crippen molar-refractivity contribution in [1.29, 1.82) is 0 Å². The zero-order chi connectivity index (χ0) is 34.3. The third-order valence-corrected chi connectivity index (χ3v) is 9.81. The molecule has 0 aliphatic carbocycles. The van der Waals surface area contributed by atoms with Gasteiger partial charge < -0.3 is 15.0 Å². The fourth-order valence-electron chi connectivity index (χ4n) is 4.64. The molecule has 1 atom stereocenters. The first kappa shape index (κ1) is 36.9. The Morgan fingerprint density at radius 2 is 1.70 bits per heavy atom. The Hall–Kier alpha value is -3.58.